The SMILES string of the molecule is CCCS(=O)(=O)Nc1cncc(-c2nc(NCc3ccccn3)c3c(-c4ccccc4)ccn3n2)c1. The highest BCUT2D eigenvalue weighted by Gasteiger charge is 2.16. The van der Waals surface area contributed by atoms with Crippen molar-refractivity contribution in [2.75, 3.05) is 15.8 Å². The van der Waals surface area contributed by atoms with Gasteiger partial charge < -0.3 is 5.32 Å². The van der Waals surface area contributed by atoms with Crippen LogP contribution >= 0.6 is 0 Å². The third-order valence-corrected chi connectivity index (χ3v) is 6.99. The van der Waals surface area contributed by atoms with Crippen molar-refractivity contribution < 1.29 is 8.42 Å². The van der Waals surface area contributed by atoms with Gasteiger partial charge in [-0.1, -0.05) is 43.3 Å². The number of aromatic nitrogens is 5. The molecule has 5 aromatic rings. The minimum Gasteiger partial charge on any atom is -0.363 e. The Morgan fingerprint density at radius 2 is 1.81 bits per heavy atom. The monoisotopic (exact) mass is 499 g/mol. The molecule has 0 saturated heterocycles. The van der Waals surface area contributed by atoms with E-state index in [-0.39, 0.29) is 5.75 Å². The molecule has 9 nitrogen and oxygen atoms in total. The summed E-state index contributed by atoms with van der Waals surface area (Å²) in [5.74, 6) is 1.07. The van der Waals surface area contributed by atoms with Gasteiger partial charge in [0.1, 0.15) is 5.52 Å². The molecule has 36 heavy (non-hydrogen) atoms. The molecule has 0 amide bonds. The molecule has 0 aliphatic heterocycles. The number of pyridine rings is 2. The summed E-state index contributed by atoms with van der Waals surface area (Å²) < 4.78 is 28.8. The summed E-state index contributed by atoms with van der Waals surface area (Å²) in [5, 5.41) is 8.13. The van der Waals surface area contributed by atoms with Gasteiger partial charge in [0.05, 0.1) is 29.9 Å². The third-order valence-electron chi connectivity index (χ3n) is 5.50. The van der Waals surface area contributed by atoms with E-state index in [1.807, 2.05) is 67.7 Å². The van der Waals surface area contributed by atoms with Crippen LogP contribution in [0.2, 0.25) is 0 Å². The maximum Gasteiger partial charge on any atom is 0.232 e. The largest absolute Gasteiger partial charge is 0.363 e. The Morgan fingerprint density at radius 1 is 0.972 bits per heavy atom. The first-order valence-corrected chi connectivity index (χ1v) is 13.2. The molecular formula is C26H25N7O2S. The van der Waals surface area contributed by atoms with Crippen LogP contribution < -0.4 is 10.0 Å². The van der Waals surface area contributed by atoms with Crippen LogP contribution in [0.3, 0.4) is 0 Å². The zero-order valence-corrected chi connectivity index (χ0v) is 20.5. The summed E-state index contributed by atoms with van der Waals surface area (Å²) in [7, 11) is -3.45. The second kappa shape index (κ2) is 10.1. The number of benzene rings is 1. The van der Waals surface area contributed by atoms with Gasteiger partial charge in [0.2, 0.25) is 10.0 Å². The van der Waals surface area contributed by atoms with E-state index in [0.717, 1.165) is 22.3 Å². The van der Waals surface area contributed by atoms with E-state index < -0.39 is 10.0 Å². The van der Waals surface area contributed by atoms with Gasteiger partial charge in [0.15, 0.2) is 11.6 Å². The Kier molecular flexibility index (Phi) is 6.59. The highest BCUT2D eigenvalue weighted by Crippen LogP contribution is 2.31. The minimum atomic E-state index is -3.45. The van der Waals surface area contributed by atoms with Gasteiger partial charge in [-0.15, -0.1) is 5.10 Å². The average Bonchev–Trinajstić information content (AvgIpc) is 3.32. The first-order valence-electron chi connectivity index (χ1n) is 11.6. The third kappa shape index (κ3) is 5.18. The van der Waals surface area contributed by atoms with E-state index in [4.69, 9.17) is 10.1 Å². The van der Waals surface area contributed by atoms with Crippen LogP contribution in [-0.4, -0.2) is 38.7 Å². The average molecular weight is 500 g/mol. The Labute approximate surface area is 209 Å². The van der Waals surface area contributed by atoms with Gasteiger partial charge in [-0.05, 0) is 36.2 Å². The molecule has 5 rings (SSSR count). The van der Waals surface area contributed by atoms with E-state index in [1.54, 1.807) is 23.0 Å². The zero-order valence-electron chi connectivity index (χ0n) is 19.7. The van der Waals surface area contributed by atoms with Crippen LogP contribution in [0.25, 0.3) is 28.0 Å². The number of hydrogen-bond acceptors (Lipinski definition) is 7. The fourth-order valence-electron chi connectivity index (χ4n) is 3.92. The summed E-state index contributed by atoms with van der Waals surface area (Å²) in [4.78, 5) is 13.4. The summed E-state index contributed by atoms with van der Waals surface area (Å²) in [6, 6.07) is 19.5. The summed E-state index contributed by atoms with van der Waals surface area (Å²) >= 11 is 0. The number of nitrogens with one attached hydrogen (secondary N) is 2. The van der Waals surface area contributed by atoms with E-state index in [2.05, 4.69) is 20.0 Å². The molecule has 0 aliphatic carbocycles. The van der Waals surface area contributed by atoms with Crippen LogP contribution in [0.1, 0.15) is 19.0 Å². The molecule has 10 heteroatoms. The molecule has 4 heterocycles. The number of nitrogens with zero attached hydrogens (tertiary/aromatic N) is 5. The lowest BCUT2D eigenvalue weighted by atomic mass is 10.1. The molecule has 182 valence electrons. The number of rotatable bonds is 9. The molecule has 1 aromatic carbocycles. The lowest BCUT2D eigenvalue weighted by Gasteiger charge is -2.12. The molecule has 0 saturated carbocycles. The predicted octanol–water partition coefficient (Wildman–Crippen LogP) is 4.62. The zero-order chi connectivity index (χ0) is 25.0. The molecule has 0 bridgehead atoms. The number of fused-ring (bicyclic) bond motifs is 1. The number of sulfonamides is 1. The van der Waals surface area contributed by atoms with Crippen molar-refractivity contribution in [3.05, 3.63) is 91.1 Å². The lowest BCUT2D eigenvalue weighted by molar-refractivity contribution is 0.600. The molecule has 0 fully saturated rings. The second-order valence-corrected chi connectivity index (χ2v) is 10.1. The minimum absolute atomic E-state index is 0.0346. The van der Waals surface area contributed by atoms with Crippen molar-refractivity contribution in [1.29, 1.82) is 0 Å². The van der Waals surface area contributed by atoms with Crippen molar-refractivity contribution in [3.63, 3.8) is 0 Å². The Morgan fingerprint density at radius 3 is 2.58 bits per heavy atom. The van der Waals surface area contributed by atoms with Crippen molar-refractivity contribution in [3.8, 4) is 22.5 Å². The molecule has 0 unspecified atom stereocenters. The quantitative estimate of drug-likeness (QED) is 0.304. The molecular weight excluding hydrogens is 474 g/mol. The summed E-state index contributed by atoms with van der Waals surface area (Å²) in [5.41, 5.74) is 4.69. The second-order valence-electron chi connectivity index (χ2n) is 8.23. The van der Waals surface area contributed by atoms with Gasteiger partial charge >= 0.3 is 0 Å². The van der Waals surface area contributed by atoms with Gasteiger partial charge in [-0.3, -0.25) is 14.7 Å². The molecule has 0 atom stereocenters. The van der Waals surface area contributed by atoms with Gasteiger partial charge in [0, 0.05) is 29.7 Å². The van der Waals surface area contributed by atoms with E-state index in [0.29, 0.717) is 35.9 Å². The first-order chi connectivity index (χ1) is 17.5. The van der Waals surface area contributed by atoms with Crippen LogP contribution in [0.4, 0.5) is 11.5 Å². The van der Waals surface area contributed by atoms with Crippen molar-refractivity contribution in [2.24, 2.45) is 0 Å². The Bertz CT molecular complexity index is 1590. The highest BCUT2D eigenvalue weighted by atomic mass is 32.2. The highest BCUT2D eigenvalue weighted by molar-refractivity contribution is 7.92. The lowest BCUT2D eigenvalue weighted by Crippen LogP contribution is -2.16. The van der Waals surface area contributed by atoms with Gasteiger partial charge in [-0.25, -0.2) is 17.9 Å². The maximum atomic E-state index is 12.2. The molecule has 0 radical (unpaired) electrons. The normalized spacial score (nSPS) is 11.5. The fraction of sp³-hybridized carbons (Fsp3) is 0.154. The van der Waals surface area contributed by atoms with Crippen LogP contribution in [0, 0.1) is 0 Å². The standard InChI is InChI=1S/C26H25N7O2S/c1-2-14-36(34,35)32-22-15-20(16-27-17-22)25-30-26(29-18-21-10-6-7-12-28-21)24-23(11-13-33(24)31-25)19-8-4-3-5-9-19/h3-13,15-17,32H,2,14,18H2,1H3,(H,29,30,31). The maximum absolute atomic E-state index is 12.2. The summed E-state index contributed by atoms with van der Waals surface area (Å²) in [6.07, 6.45) is 7.24. The van der Waals surface area contributed by atoms with E-state index in [1.165, 1.54) is 6.20 Å². The predicted molar refractivity (Wildman–Crippen MR) is 141 cm³/mol. The Hall–Kier alpha value is -4.31. The van der Waals surface area contributed by atoms with E-state index in [9.17, 15) is 8.42 Å². The molecule has 2 N–H and O–H groups in total. The van der Waals surface area contributed by atoms with Crippen LogP contribution in [-0.2, 0) is 16.6 Å². The first kappa shape index (κ1) is 23.4. The van der Waals surface area contributed by atoms with Gasteiger partial charge in [0.25, 0.3) is 0 Å². The van der Waals surface area contributed by atoms with Crippen LogP contribution in [0.5, 0.6) is 0 Å². The fourth-order valence-corrected chi connectivity index (χ4v) is 5.03. The van der Waals surface area contributed by atoms with Crippen molar-refractivity contribution in [2.45, 2.75) is 19.9 Å². The number of hydrogen-bond donors (Lipinski definition) is 2. The van der Waals surface area contributed by atoms with Crippen LogP contribution in [0.15, 0.2) is 85.5 Å². The smallest absolute Gasteiger partial charge is 0.232 e. The van der Waals surface area contributed by atoms with Crippen molar-refractivity contribution >= 4 is 27.0 Å². The topological polar surface area (TPSA) is 114 Å². The van der Waals surface area contributed by atoms with Crippen molar-refractivity contribution in [1.82, 2.24) is 24.6 Å². The van der Waals surface area contributed by atoms with E-state index >= 15 is 0 Å². The molecule has 4 aromatic heterocycles. The number of anilines is 2. The summed E-state index contributed by atoms with van der Waals surface area (Å²) in [6.45, 7) is 2.29. The molecule has 0 spiro atoms. The molecule has 0 aliphatic rings. The van der Waals surface area contributed by atoms with Gasteiger partial charge in [-0.2, -0.15) is 0 Å². The Balaban J connectivity index is 1.57.